The van der Waals surface area contributed by atoms with Crippen molar-refractivity contribution < 1.29 is 150 Å². The summed E-state index contributed by atoms with van der Waals surface area (Å²) < 4.78 is 0. The average molecular weight is 541 g/mol. The van der Waals surface area contributed by atoms with Gasteiger partial charge in [-0.3, -0.25) is 14.9 Å². The van der Waals surface area contributed by atoms with E-state index in [1.165, 1.54) is 0 Å². The molecule has 1 spiro atoms. The number of hydrogen-bond donors (Lipinski definition) is 1. The summed E-state index contributed by atoms with van der Waals surface area (Å²) in [6.07, 6.45) is 0. The van der Waals surface area contributed by atoms with Gasteiger partial charge in [-0.05, 0) is 0 Å². The molecule has 1 N–H and O–H groups in total. The summed E-state index contributed by atoms with van der Waals surface area (Å²) in [5, 5.41) is 4.62. The Labute approximate surface area is 200 Å². The average Bonchev–Trinajstić information content (AvgIpc) is 1.86. The first-order chi connectivity index (χ1) is 5.10. The molecule has 6 nitrogen and oxygen atoms in total. The third-order valence-electron chi connectivity index (χ3n) is 1.75. The maximum atomic E-state index is 10.6. The van der Waals surface area contributed by atoms with Gasteiger partial charge in [0.2, 0.25) is 5.41 Å². The molecule has 0 aromatic carbocycles. The molecule has 2 saturated heterocycles. The zero-order chi connectivity index (χ0) is 8.22. The van der Waals surface area contributed by atoms with Gasteiger partial charge in [0.05, 0.1) is 11.8 Å². The van der Waals surface area contributed by atoms with Crippen LogP contribution < -0.4 is 5.32 Å². The van der Waals surface area contributed by atoms with Crippen molar-refractivity contribution in [3.63, 3.8) is 0 Å². The van der Waals surface area contributed by atoms with Gasteiger partial charge in [0, 0.05) is 131 Å². The van der Waals surface area contributed by atoms with E-state index in [-0.39, 0.29) is 146 Å². The van der Waals surface area contributed by atoms with E-state index in [2.05, 4.69) is 5.32 Å². The van der Waals surface area contributed by atoms with E-state index in [0.29, 0.717) is 0 Å². The van der Waals surface area contributed by atoms with Crippen molar-refractivity contribution in [3.05, 3.63) is 5.32 Å². The van der Waals surface area contributed by atoms with Crippen molar-refractivity contribution in [1.82, 2.24) is 5.32 Å². The van der Waals surface area contributed by atoms with Crippen molar-refractivity contribution in [2.45, 2.75) is 14.9 Å². The molecule has 0 atom stereocenters. The molecular formula is C7H9N2O4Y4-. The third-order valence-corrected chi connectivity index (χ3v) is 1.75. The first kappa shape index (κ1) is 31.9. The molecule has 0 bridgehead atoms. The summed E-state index contributed by atoms with van der Waals surface area (Å²) in [4.78, 5) is 42.5. The first-order valence-electron chi connectivity index (χ1n) is 2.76. The monoisotopic (exact) mass is 541 g/mol. The maximum Gasteiger partial charge on any atom is 0.254 e. The van der Waals surface area contributed by atoms with Crippen LogP contribution >= 0.6 is 0 Å². The minimum absolute atomic E-state index is 0. The van der Waals surface area contributed by atoms with E-state index in [4.69, 9.17) is 0 Å². The normalized spacial score (nSPS) is 16.5. The Morgan fingerprint density at radius 3 is 1.18 bits per heavy atom. The number of imide groups is 2. The second-order valence-corrected chi connectivity index (χ2v) is 2.26. The van der Waals surface area contributed by atoms with Crippen molar-refractivity contribution >= 4 is 23.6 Å². The summed E-state index contributed by atoms with van der Waals surface area (Å²) in [6.45, 7) is 0. The van der Waals surface area contributed by atoms with Crippen molar-refractivity contribution in [1.29, 1.82) is 0 Å². The molecule has 0 saturated carbocycles. The topological polar surface area (TPSA) is 94.4 Å². The van der Waals surface area contributed by atoms with Gasteiger partial charge in [-0.2, -0.15) is 0 Å². The van der Waals surface area contributed by atoms with Crippen molar-refractivity contribution in [2.24, 2.45) is 5.41 Å². The first-order valence-corrected chi connectivity index (χ1v) is 2.76. The third kappa shape index (κ3) is 4.33. The fourth-order valence-corrected chi connectivity index (χ4v) is 1.02. The van der Waals surface area contributed by atoms with Crippen LogP contribution in [0.4, 0.5) is 0 Å². The van der Waals surface area contributed by atoms with Gasteiger partial charge in [-0.1, -0.05) is 14.9 Å². The van der Waals surface area contributed by atoms with Crippen LogP contribution in [-0.2, 0) is 150 Å². The Kier molecular flexibility index (Phi) is 21.3. The number of carbonyl (C=O) groups excluding carboxylic acids is 4. The van der Waals surface area contributed by atoms with Gasteiger partial charge in [-0.15, -0.1) is 0 Å². The second kappa shape index (κ2) is 11.4. The second-order valence-electron chi connectivity index (χ2n) is 2.26. The molecule has 10 heteroatoms. The molecule has 0 aromatic rings. The van der Waals surface area contributed by atoms with Crippen LogP contribution in [0.2, 0.25) is 0 Å². The minimum Gasteiger partial charge on any atom is -0.592 e. The van der Waals surface area contributed by atoms with Gasteiger partial charge in [0.1, 0.15) is 0 Å². The molecule has 4 radical (unpaired) electrons. The predicted octanol–water partition coefficient (Wildman–Crippen LogP) is -0.668. The van der Waals surface area contributed by atoms with Crippen molar-refractivity contribution in [3.8, 4) is 0 Å². The van der Waals surface area contributed by atoms with E-state index in [1.807, 2.05) is 0 Å². The summed E-state index contributed by atoms with van der Waals surface area (Å²) in [7, 11) is 0. The molecule has 17 heavy (non-hydrogen) atoms. The molecule has 2 rings (SSSR count). The molecule has 2 heterocycles. The molecule has 2 fully saturated rings. The van der Waals surface area contributed by atoms with E-state index in [1.54, 1.807) is 5.32 Å². The SMILES string of the molecule is C.C.O=C1[N-]C(=O)C12C(=O)NC2=O.[Y].[Y].[Y].[Y]. The standard InChI is InChI=1S/C5H2N2O4.2CH4.4Y/c8-1-5(2(9)6-1)3(10)7-4(5)11;;;;;;/h(H2,6,7,8,9,10,11);2*1H4;;;;/p-1. The summed E-state index contributed by atoms with van der Waals surface area (Å²) in [6, 6.07) is 0. The number of β-lactam (4-membered cyclic amide) rings is 4. The number of rotatable bonds is 0. The van der Waals surface area contributed by atoms with Gasteiger partial charge >= 0.3 is 0 Å². The van der Waals surface area contributed by atoms with Crippen LogP contribution in [0, 0.1) is 5.41 Å². The van der Waals surface area contributed by atoms with Gasteiger partial charge in [-0.25, -0.2) is 0 Å². The zero-order valence-corrected chi connectivity index (χ0v) is 18.7. The van der Waals surface area contributed by atoms with Crippen LogP contribution in [0.15, 0.2) is 0 Å². The molecule has 0 aromatic heterocycles. The summed E-state index contributed by atoms with van der Waals surface area (Å²) in [5.74, 6) is -3.60. The van der Waals surface area contributed by atoms with E-state index in [9.17, 15) is 19.2 Å². The Morgan fingerprint density at radius 1 is 0.765 bits per heavy atom. The Hall–Kier alpha value is 2.70. The Bertz CT molecular complexity index is 270. The number of hydrogen-bond acceptors (Lipinski definition) is 4. The molecule has 2 aliphatic heterocycles. The Balaban J connectivity index is -0.0000000800. The summed E-state index contributed by atoms with van der Waals surface area (Å²) in [5.41, 5.74) is -2.06. The van der Waals surface area contributed by atoms with Crippen LogP contribution in [0.5, 0.6) is 0 Å². The molecule has 4 amide bonds. The van der Waals surface area contributed by atoms with Crippen LogP contribution in [0.25, 0.3) is 5.32 Å². The number of nitrogens with one attached hydrogen (secondary N) is 1. The number of amides is 4. The van der Waals surface area contributed by atoms with E-state index >= 15 is 0 Å². The Morgan fingerprint density at radius 2 is 1.06 bits per heavy atom. The zero-order valence-electron chi connectivity index (χ0n) is 7.39. The van der Waals surface area contributed by atoms with Crippen LogP contribution in [0.1, 0.15) is 14.9 Å². The molecular weight excluding hydrogens is 532 g/mol. The van der Waals surface area contributed by atoms with Gasteiger partial charge in [0.15, 0.2) is 0 Å². The quantitative estimate of drug-likeness (QED) is 0.326. The molecule has 0 aliphatic carbocycles. The minimum atomic E-state index is -2.06. The molecule has 2 aliphatic rings. The fourth-order valence-electron chi connectivity index (χ4n) is 1.02. The van der Waals surface area contributed by atoms with E-state index < -0.39 is 29.0 Å². The van der Waals surface area contributed by atoms with Gasteiger partial charge < -0.3 is 14.9 Å². The van der Waals surface area contributed by atoms with Crippen LogP contribution in [-0.4, -0.2) is 23.6 Å². The predicted molar refractivity (Wildman–Crippen MR) is 42.4 cm³/mol. The largest absolute Gasteiger partial charge is 0.592 e. The molecule has 84 valence electrons. The maximum absolute atomic E-state index is 10.6. The van der Waals surface area contributed by atoms with Crippen LogP contribution in [0.3, 0.4) is 0 Å². The molecule has 0 unspecified atom stereocenters. The number of carbonyl (C=O) groups is 4. The van der Waals surface area contributed by atoms with Gasteiger partial charge in [0.25, 0.3) is 11.8 Å². The van der Waals surface area contributed by atoms with Crippen molar-refractivity contribution in [2.75, 3.05) is 0 Å². The van der Waals surface area contributed by atoms with E-state index in [0.717, 1.165) is 0 Å². The fraction of sp³-hybridized carbons (Fsp3) is 0.429. The number of nitrogens with zero attached hydrogens (tertiary/aromatic N) is 1. The summed E-state index contributed by atoms with van der Waals surface area (Å²) >= 11 is 0. The smallest absolute Gasteiger partial charge is 0.254 e.